The van der Waals surface area contributed by atoms with E-state index in [-0.39, 0.29) is 0 Å². The maximum atomic E-state index is 6.01. The molecule has 0 saturated heterocycles. The summed E-state index contributed by atoms with van der Waals surface area (Å²) in [7, 11) is 0. The van der Waals surface area contributed by atoms with Crippen molar-refractivity contribution in [3.8, 4) is 11.6 Å². The summed E-state index contributed by atoms with van der Waals surface area (Å²) in [5.41, 5.74) is 3.52. The number of ether oxygens (including phenoxy) is 1. The van der Waals surface area contributed by atoms with E-state index in [1.807, 2.05) is 30.5 Å². The Morgan fingerprint density at radius 1 is 1.19 bits per heavy atom. The molecule has 3 heterocycles. The fourth-order valence-corrected chi connectivity index (χ4v) is 3.41. The molecule has 0 amide bonds. The fraction of sp³-hybridized carbons (Fsp3) is 0.333. The highest BCUT2D eigenvalue weighted by molar-refractivity contribution is 5.40. The summed E-state index contributed by atoms with van der Waals surface area (Å²) in [4.78, 5) is 8.87. The molecule has 1 unspecified atom stereocenters. The van der Waals surface area contributed by atoms with Crippen LogP contribution in [0.5, 0.6) is 11.6 Å². The third kappa shape index (κ3) is 3.48. The topological polar surface area (TPSA) is 52.0 Å². The SMILES string of the molecule is Cc1cccc(Oc2cc(CNC3CCCn4ccnc43)ccn2)c1C. The molecule has 1 atom stereocenters. The van der Waals surface area contributed by atoms with Gasteiger partial charge in [0.05, 0.1) is 6.04 Å². The van der Waals surface area contributed by atoms with Gasteiger partial charge in [-0.15, -0.1) is 0 Å². The van der Waals surface area contributed by atoms with Crippen LogP contribution < -0.4 is 10.1 Å². The van der Waals surface area contributed by atoms with Gasteiger partial charge in [0.25, 0.3) is 0 Å². The lowest BCUT2D eigenvalue weighted by Crippen LogP contribution is -2.27. The molecule has 0 fully saturated rings. The van der Waals surface area contributed by atoms with Crippen molar-refractivity contribution in [2.24, 2.45) is 0 Å². The van der Waals surface area contributed by atoms with Gasteiger partial charge < -0.3 is 14.6 Å². The molecule has 3 aromatic rings. The van der Waals surface area contributed by atoms with E-state index in [1.165, 1.54) is 12.0 Å². The van der Waals surface area contributed by atoms with Crippen molar-refractivity contribution in [3.63, 3.8) is 0 Å². The molecule has 134 valence electrons. The number of pyridine rings is 1. The van der Waals surface area contributed by atoms with E-state index in [9.17, 15) is 0 Å². The van der Waals surface area contributed by atoms with E-state index in [2.05, 4.69) is 46.0 Å². The normalized spacial score (nSPS) is 16.3. The maximum absolute atomic E-state index is 6.01. The summed E-state index contributed by atoms with van der Waals surface area (Å²) in [6.45, 7) is 5.99. The summed E-state index contributed by atoms with van der Waals surface area (Å²) >= 11 is 0. The highest BCUT2D eigenvalue weighted by atomic mass is 16.5. The second-order valence-corrected chi connectivity index (χ2v) is 6.86. The Kier molecular flexibility index (Phi) is 4.71. The van der Waals surface area contributed by atoms with Gasteiger partial charge in [0, 0.05) is 37.7 Å². The number of nitrogens with zero attached hydrogens (tertiary/aromatic N) is 3. The Hall–Kier alpha value is -2.66. The van der Waals surface area contributed by atoms with Crippen molar-refractivity contribution in [3.05, 3.63) is 71.4 Å². The molecule has 4 rings (SSSR count). The molecule has 1 aliphatic heterocycles. The van der Waals surface area contributed by atoms with E-state index < -0.39 is 0 Å². The van der Waals surface area contributed by atoms with Gasteiger partial charge in [-0.25, -0.2) is 9.97 Å². The first-order valence-corrected chi connectivity index (χ1v) is 9.14. The second-order valence-electron chi connectivity index (χ2n) is 6.86. The van der Waals surface area contributed by atoms with Crippen LogP contribution in [0.15, 0.2) is 48.9 Å². The second kappa shape index (κ2) is 7.30. The van der Waals surface area contributed by atoms with Crippen molar-refractivity contribution in [1.29, 1.82) is 0 Å². The Bertz CT molecular complexity index is 903. The minimum absolute atomic E-state index is 0.301. The average Bonchev–Trinajstić information content (AvgIpc) is 3.13. The minimum Gasteiger partial charge on any atom is -0.439 e. The maximum Gasteiger partial charge on any atom is 0.219 e. The van der Waals surface area contributed by atoms with Crippen LogP contribution in [0.2, 0.25) is 0 Å². The molecule has 0 saturated carbocycles. The lowest BCUT2D eigenvalue weighted by atomic mass is 10.1. The Labute approximate surface area is 154 Å². The zero-order valence-electron chi connectivity index (χ0n) is 15.3. The molecule has 5 heteroatoms. The molecule has 0 bridgehead atoms. The quantitative estimate of drug-likeness (QED) is 0.746. The first kappa shape index (κ1) is 16.8. The monoisotopic (exact) mass is 348 g/mol. The van der Waals surface area contributed by atoms with Gasteiger partial charge in [-0.05, 0) is 55.5 Å². The molecule has 0 aliphatic carbocycles. The van der Waals surface area contributed by atoms with Crippen molar-refractivity contribution in [2.75, 3.05) is 0 Å². The highest BCUT2D eigenvalue weighted by Crippen LogP contribution is 2.27. The van der Waals surface area contributed by atoms with Gasteiger partial charge in [0.1, 0.15) is 11.6 Å². The molecule has 1 N–H and O–H groups in total. The summed E-state index contributed by atoms with van der Waals surface area (Å²) in [5, 5.41) is 3.63. The van der Waals surface area contributed by atoms with Crippen molar-refractivity contribution in [2.45, 2.75) is 45.8 Å². The Balaban J connectivity index is 1.44. The fourth-order valence-electron chi connectivity index (χ4n) is 3.41. The molecule has 2 aromatic heterocycles. The van der Waals surface area contributed by atoms with Crippen LogP contribution in [0.4, 0.5) is 0 Å². The number of nitrogens with one attached hydrogen (secondary N) is 1. The van der Waals surface area contributed by atoms with Crippen LogP contribution in [0.3, 0.4) is 0 Å². The Morgan fingerprint density at radius 2 is 2.12 bits per heavy atom. The number of aryl methyl sites for hydroxylation is 2. The first-order chi connectivity index (χ1) is 12.7. The van der Waals surface area contributed by atoms with Crippen LogP contribution in [-0.2, 0) is 13.1 Å². The summed E-state index contributed by atoms with van der Waals surface area (Å²) in [6, 6.07) is 10.4. The molecular formula is C21H24N4O. The highest BCUT2D eigenvalue weighted by Gasteiger charge is 2.20. The van der Waals surface area contributed by atoms with Crippen LogP contribution >= 0.6 is 0 Å². The zero-order valence-corrected chi connectivity index (χ0v) is 15.3. The third-order valence-corrected chi connectivity index (χ3v) is 5.07. The van der Waals surface area contributed by atoms with Crippen molar-refractivity contribution < 1.29 is 4.74 Å². The number of rotatable bonds is 5. The van der Waals surface area contributed by atoms with Crippen LogP contribution in [-0.4, -0.2) is 14.5 Å². The van der Waals surface area contributed by atoms with Crippen LogP contribution in [0.25, 0.3) is 0 Å². The van der Waals surface area contributed by atoms with Crippen molar-refractivity contribution in [1.82, 2.24) is 19.9 Å². The van der Waals surface area contributed by atoms with Crippen molar-refractivity contribution >= 4 is 0 Å². The van der Waals surface area contributed by atoms with Gasteiger partial charge in [0.2, 0.25) is 5.88 Å². The molecule has 5 nitrogen and oxygen atoms in total. The molecule has 0 spiro atoms. The minimum atomic E-state index is 0.301. The third-order valence-electron chi connectivity index (χ3n) is 5.07. The van der Waals surface area contributed by atoms with E-state index in [1.54, 1.807) is 6.20 Å². The number of aromatic nitrogens is 3. The number of imidazole rings is 1. The Morgan fingerprint density at radius 3 is 3.04 bits per heavy atom. The molecule has 1 aliphatic rings. The molecule has 0 radical (unpaired) electrons. The smallest absolute Gasteiger partial charge is 0.219 e. The molecule has 1 aromatic carbocycles. The average molecular weight is 348 g/mol. The predicted octanol–water partition coefficient (Wildman–Crippen LogP) is 4.31. The van der Waals surface area contributed by atoms with Gasteiger partial charge in [0.15, 0.2) is 0 Å². The van der Waals surface area contributed by atoms with E-state index in [4.69, 9.17) is 4.74 Å². The van der Waals surface area contributed by atoms with E-state index in [0.717, 1.165) is 42.2 Å². The van der Waals surface area contributed by atoms with Gasteiger partial charge >= 0.3 is 0 Å². The van der Waals surface area contributed by atoms with Crippen LogP contribution in [0.1, 0.15) is 41.4 Å². The summed E-state index contributed by atoms with van der Waals surface area (Å²) in [6.07, 6.45) is 8.05. The summed E-state index contributed by atoms with van der Waals surface area (Å²) < 4.78 is 8.25. The standard InChI is InChI=1S/C21H24N4O/c1-15-5-3-7-19(16(15)2)26-20-13-17(8-9-22-20)14-24-18-6-4-11-25-12-10-23-21(18)25/h3,5,7-10,12-13,18,24H,4,6,11,14H2,1-2H3. The number of fused-ring (bicyclic) bond motifs is 1. The molecular weight excluding hydrogens is 324 g/mol. The number of hydrogen-bond acceptors (Lipinski definition) is 4. The summed E-state index contributed by atoms with van der Waals surface area (Å²) in [5.74, 6) is 2.62. The van der Waals surface area contributed by atoms with Gasteiger partial charge in [-0.1, -0.05) is 12.1 Å². The number of benzene rings is 1. The van der Waals surface area contributed by atoms with Gasteiger partial charge in [-0.3, -0.25) is 0 Å². The van der Waals surface area contributed by atoms with Gasteiger partial charge in [-0.2, -0.15) is 0 Å². The molecule has 26 heavy (non-hydrogen) atoms. The van der Waals surface area contributed by atoms with E-state index in [0.29, 0.717) is 11.9 Å². The zero-order chi connectivity index (χ0) is 17.9. The lowest BCUT2D eigenvalue weighted by molar-refractivity contribution is 0.384. The largest absolute Gasteiger partial charge is 0.439 e. The first-order valence-electron chi connectivity index (χ1n) is 9.14. The van der Waals surface area contributed by atoms with Crippen LogP contribution in [0, 0.1) is 13.8 Å². The number of hydrogen-bond donors (Lipinski definition) is 1. The van der Waals surface area contributed by atoms with E-state index >= 15 is 0 Å². The predicted molar refractivity (Wildman–Crippen MR) is 101 cm³/mol. The lowest BCUT2D eigenvalue weighted by Gasteiger charge is -2.24.